The lowest BCUT2D eigenvalue weighted by atomic mass is 10.1. The summed E-state index contributed by atoms with van der Waals surface area (Å²) < 4.78 is 0. The Kier molecular flexibility index (Phi) is 3.41. The average molecular weight is 222 g/mol. The summed E-state index contributed by atoms with van der Waals surface area (Å²) in [7, 11) is 0. The highest BCUT2D eigenvalue weighted by Crippen LogP contribution is 2.20. The molecule has 0 unspecified atom stereocenters. The van der Waals surface area contributed by atoms with Crippen LogP contribution in [0.2, 0.25) is 0 Å². The van der Waals surface area contributed by atoms with Crippen molar-refractivity contribution in [2.75, 3.05) is 0 Å². The Hall–Kier alpha value is -2.28. The third kappa shape index (κ3) is 2.85. The molecule has 1 N–H and O–H groups in total. The van der Waals surface area contributed by atoms with Crippen molar-refractivity contribution in [1.82, 2.24) is 0 Å². The summed E-state index contributed by atoms with van der Waals surface area (Å²) in [4.78, 5) is 0. The lowest BCUT2D eigenvalue weighted by Crippen LogP contribution is -1.79. The van der Waals surface area contributed by atoms with Crippen molar-refractivity contribution >= 4 is 18.2 Å². The van der Waals surface area contributed by atoms with Gasteiger partial charge in [0.15, 0.2) is 0 Å². The van der Waals surface area contributed by atoms with E-state index in [0.717, 1.165) is 16.7 Å². The molecule has 1 nitrogen and oxygen atoms in total. The minimum atomic E-state index is 0.267. The molecule has 0 aliphatic rings. The number of benzene rings is 2. The molecule has 0 saturated heterocycles. The molecule has 0 radical (unpaired) electrons. The van der Waals surface area contributed by atoms with Crippen LogP contribution in [0.3, 0.4) is 0 Å². The molecule has 0 aliphatic heterocycles. The largest absolute Gasteiger partial charge is 0.508 e. The van der Waals surface area contributed by atoms with E-state index in [1.54, 1.807) is 18.2 Å². The van der Waals surface area contributed by atoms with Crippen LogP contribution in [-0.2, 0) is 0 Å². The fourth-order valence-corrected chi connectivity index (χ4v) is 1.64. The Labute approximate surface area is 101 Å². The van der Waals surface area contributed by atoms with Crippen LogP contribution in [0, 0.1) is 0 Å². The quantitative estimate of drug-likeness (QED) is 0.771. The lowest BCUT2D eigenvalue weighted by Gasteiger charge is -2.01. The van der Waals surface area contributed by atoms with Gasteiger partial charge in [0.2, 0.25) is 0 Å². The second-order valence-corrected chi connectivity index (χ2v) is 3.76. The molecular weight excluding hydrogens is 208 g/mol. The van der Waals surface area contributed by atoms with Gasteiger partial charge in [-0.3, -0.25) is 0 Å². The van der Waals surface area contributed by atoms with Crippen molar-refractivity contribution in [3.63, 3.8) is 0 Å². The van der Waals surface area contributed by atoms with Gasteiger partial charge < -0.3 is 5.11 Å². The van der Waals surface area contributed by atoms with Crippen molar-refractivity contribution in [1.29, 1.82) is 0 Å². The highest BCUT2D eigenvalue weighted by atomic mass is 16.3. The molecule has 2 aromatic rings. The first kappa shape index (κ1) is 11.2. The Morgan fingerprint density at radius 2 is 1.65 bits per heavy atom. The van der Waals surface area contributed by atoms with Crippen molar-refractivity contribution in [3.8, 4) is 5.75 Å². The van der Waals surface area contributed by atoms with Gasteiger partial charge in [-0.05, 0) is 28.8 Å². The first-order chi connectivity index (χ1) is 8.29. The van der Waals surface area contributed by atoms with E-state index in [1.807, 2.05) is 48.6 Å². The van der Waals surface area contributed by atoms with Gasteiger partial charge in [-0.1, -0.05) is 61.2 Å². The number of hydrogen-bond acceptors (Lipinski definition) is 1. The predicted molar refractivity (Wildman–Crippen MR) is 73.6 cm³/mol. The first-order valence-corrected chi connectivity index (χ1v) is 5.48. The van der Waals surface area contributed by atoms with Crippen LogP contribution in [0.15, 0.2) is 55.1 Å². The van der Waals surface area contributed by atoms with Gasteiger partial charge in [0.1, 0.15) is 5.75 Å². The molecule has 0 aliphatic carbocycles. The molecule has 17 heavy (non-hydrogen) atoms. The summed E-state index contributed by atoms with van der Waals surface area (Å²) in [5, 5.41) is 9.46. The Balaban J connectivity index is 2.32. The van der Waals surface area contributed by atoms with Gasteiger partial charge >= 0.3 is 0 Å². The average Bonchev–Trinajstić information content (AvgIpc) is 2.38. The van der Waals surface area contributed by atoms with Crippen molar-refractivity contribution in [2.24, 2.45) is 0 Å². The maximum Gasteiger partial charge on any atom is 0.116 e. The monoisotopic (exact) mass is 222 g/mol. The third-order valence-corrected chi connectivity index (χ3v) is 2.55. The van der Waals surface area contributed by atoms with Gasteiger partial charge in [0.05, 0.1) is 0 Å². The molecule has 2 rings (SSSR count). The number of phenolic OH excluding ortho intramolecular Hbond substituents is 1. The van der Waals surface area contributed by atoms with E-state index in [9.17, 15) is 5.11 Å². The summed E-state index contributed by atoms with van der Waals surface area (Å²) in [6, 6.07) is 15.3. The topological polar surface area (TPSA) is 20.2 Å². The fraction of sp³-hybridized carbons (Fsp3) is 0. The first-order valence-electron chi connectivity index (χ1n) is 5.48. The van der Waals surface area contributed by atoms with Crippen LogP contribution in [0.25, 0.3) is 18.2 Å². The zero-order valence-electron chi connectivity index (χ0n) is 9.51. The molecule has 0 bridgehead atoms. The van der Waals surface area contributed by atoms with Gasteiger partial charge in [-0.25, -0.2) is 0 Å². The Morgan fingerprint density at radius 3 is 2.35 bits per heavy atom. The molecule has 0 spiro atoms. The minimum absolute atomic E-state index is 0.267. The Morgan fingerprint density at radius 1 is 0.882 bits per heavy atom. The summed E-state index contributed by atoms with van der Waals surface area (Å²) in [5.41, 5.74) is 3.10. The van der Waals surface area contributed by atoms with Crippen LogP contribution in [0.1, 0.15) is 16.7 Å². The molecule has 0 fully saturated rings. The van der Waals surface area contributed by atoms with Crippen LogP contribution in [0.4, 0.5) is 0 Å². The van der Waals surface area contributed by atoms with Gasteiger partial charge in [0, 0.05) is 0 Å². The second kappa shape index (κ2) is 5.17. The van der Waals surface area contributed by atoms with E-state index in [1.165, 1.54) is 0 Å². The predicted octanol–water partition coefficient (Wildman–Crippen LogP) is 4.21. The van der Waals surface area contributed by atoms with Crippen LogP contribution in [0.5, 0.6) is 5.75 Å². The maximum atomic E-state index is 9.46. The zero-order valence-corrected chi connectivity index (χ0v) is 9.51. The van der Waals surface area contributed by atoms with Gasteiger partial charge in [-0.2, -0.15) is 0 Å². The lowest BCUT2D eigenvalue weighted by molar-refractivity contribution is 0.475. The highest BCUT2D eigenvalue weighted by Gasteiger charge is 1.97. The summed E-state index contributed by atoms with van der Waals surface area (Å²) in [5.74, 6) is 0.267. The Bertz CT molecular complexity index is 539. The van der Waals surface area contributed by atoms with E-state index >= 15 is 0 Å². The summed E-state index contributed by atoms with van der Waals surface area (Å²) in [6.07, 6.45) is 5.78. The summed E-state index contributed by atoms with van der Waals surface area (Å²) >= 11 is 0. The SMILES string of the molecule is C=Cc1ccc(O)cc1/C=C/c1ccccc1. The normalized spacial score (nSPS) is 10.6. The molecule has 0 heterocycles. The van der Waals surface area contributed by atoms with E-state index in [0.29, 0.717) is 0 Å². The van der Waals surface area contributed by atoms with E-state index in [-0.39, 0.29) is 5.75 Å². The second-order valence-electron chi connectivity index (χ2n) is 3.76. The smallest absolute Gasteiger partial charge is 0.116 e. The van der Waals surface area contributed by atoms with Crippen molar-refractivity contribution < 1.29 is 5.11 Å². The number of hydrogen-bond donors (Lipinski definition) is 1. The fourth-order valence-electron chi connectivity index (χ4n) is 1.64. The van der Waals surface area contributed by atoms with Crippen LogP contribution < -0.4 is 0 Å². The van der Waals surface area contributed by atoms with E-state index in [4.69, 9.17) is 0 Å². The van der Waals surface area contributed by atoms with Crippen molar-refractivity contribution in [3.05, 3.63) is 71.8 Å². The highest BCUT2D eigenvalue weighted by molar-refractivity contribution is 5.75. The molecule has 84 valence electrons. The van der Waals surface area contributed by atoms with E-state index < -0.39 is 0 Å². The molecule has 0 amide bonds. The number of rotatable bonds is 3. The van der Waals surface area contributed by atoms with Gasteiger partial charge in [0.25, 0.3) is 0 Å². The van der Waals surface area contributed by atoms with Crippen LogP contribution in [-0.4, -0.2) is 5.11 Å². The van der Waals surface area contributed by atoms with Crippen LogP contribution >= 0.6 is 0 Å². The summed E-state index contributed by atoms with van der Waals surface area (Å²) in [6.45, 7) is 3.76. The molecule has 0 aromatic heterocycles. The number of phenols is 1. The van der Waals surface area contributed by atoms with Crippen molar-refractivity contribution in [2.45, 2.75) is 0 Å². The minimum Gasteiger partial charge on any atom is -0.508 e. The van der Waals surface area contributed by atoms with Gasteiger partial charge in [-0.15, -0.1) is 0 Å². The maximum absolute atomic E-state index is 9.46. The molecule has 1 heteroatoms. The standard InChI is InChI=1S/C16H14O/c1-2-14-10-11-16(17)12-15(14)9-8-13-6-4-3-5-7-13/h2-12,17H,1H2/b9-8+. The van der Waals surface area contributed by atoms with E-state index in [2.05, 4.69) is 6.58 Å². The number of aromatic hydroxyl groups is 1. The zero-order chi connectivity index (χ0) is 12.1. The molecule has 0 atom stereocenters. The molecule has 2 aromatic carbocycles. The third-order valence-electron chi connectivity index (χ3n) is 2.55. The molecular formula is C16H14O. The molecule has 0 saturated carbocycles.